The van der Waals surface area contributed by atoms with Crippen molar-refractivity contribution >= 4 is 5.69 Å². The average Bonchev–Trinajstić information content (AvgIpc) is 2.84. The summed E-state index contributed by atoms with van der Waals surface area (Å²) in [6, 6.07) is 0. The summed E-state index contributed by atoms with van der Waals surface area (Å²) in [5, 5.41) is 10.9. The molecule has 19 heavy (non-hydrogen) atoms. The van der Waals surface area contributed by atoms with Gasteiger partial charge in [0, 0.05) is 25.4 Å². The van der Waals surface area contributed by atoms with Crippen LogP contribution in [0.3, 0.4) is 0 Å². The predicted octanol–water partition coefficient (Wildman–Crippen LogP) is 2.10. The summed E-state index contributed by atoms with van der Waals surface area (Å²) in [6.07, 6.45) is 0.225. The Labute approximate surface area is 108 Å². The summed E-state index contributed by atoms with van der Waals surface area (Å²) >= 11 is 0. The molecular weight excluding hydrogens is 259 g/mol. The molecule has 0 aliphatic heterocycles. The highest BCUT2D eigenvalue weighted by Gasteiger charge is 2.28. The number of rotatable bonds is 4. The van der Waals surface area contributed by atoms with E-state index < -0.39 is 12.7 Å². The van der Waals surface area contributed by atoms with E-state index in [2.05, 4.69) is 15.5 Å². The van der Waals surface area contributed by atoms with Crippen molar-refractivity contribution in [3.8, 4) is 0 Å². The van der Waals surface area contributed by atoms with Crippen LogP contribution in [0.15, 0.2) is 18.6 Å². The number of anilines is 1. The van der Waals surface area contributed by atoms with Crippen LogP contribution in [0.4, 0.5) is 18.9 Å². The number of hydrogen-bond donors (Lipinski definition) is 1. The Kier molecular flexibility index (Phi) is 3.50. The minimum absolute atomic E-state index is 0.407. The first-order chi connectivity index (χ1) is 8.85. The first-order valence-corrected chi connectivity index (χ1v) is 5.66. The number of alkyl halides is 3. The molecule has 0 fully saturated rings. The second-order valence-electron chi connectivity index (χ2n) is 4.28. The smallest absolute Gasteiger partial charge is 0.378 e. The number of halogens is 3. The molecule has 2 rings (SSSR count). The lowest BCUT2D eigenvalue weighted by atomic mass is 10.3. The summed E-state index contributed by atoms with van der Waals surface area (Å²) < 4.78 is 39.1. The first-order valence-electron chi connectivity index (χ1n) is 5.66. The standard InChI is InChI=1S/C11H14F3N5/c1-8-10(5-16-18(8)2)15-3-9-4-17-19(6-9)7-11(12,13)14/h4-6,15H,3,7H2,1-2H3. The minimum Gasteiger partial charge on any atom is -0.378 e. The summed E-state index contributed by atoms with van der Waals surface area (Å²) in [4.78, 5) is 0. The van der Waals surface area contributed by atoms with Gasteiger partial charge < -0.3 is 5.32 Å². The van der Waals surface area contributed by atoms with Crippen molar-refractivity contribution in [2.45, 2.75) is 26.2 Å². The van der Waals surface area contributed by atoms with Gasteiger partial charge in [-0.25, -0.2) is 0 Å². The fourth-order valence-corrected chi connectivity index (χ4v) is 1.64. The van der Waals surface area contributed by atoms with Gasteiger partial charge in [-0.3, -0.25) is 9.36 Å². The maximum absolute atomic E-state index is 12.2. The fourth-order valence-electron chi connectivity index (χ4n) is 1.64. The van der Waals surface area contributed by atoms with Crippen molar-refractivity contribution < 1.29 is 13.2 Å². The largest absolute Gasteiger partial charge is 0.408 e. The van der Waals surface area contributed by atoms with E-state index in [1.54, 1.807) is 10.9 Å². The van der Waals surface area contributed by atoms with Crippen LogP contribution in [0.1, 0.15) is 11.3 Å². The molecule has 0 spiro atoms. The third kappa shape index (κ3) is 3.49. The van der Waals surface area contributed by atoms with Crippen LogP contribution in [-0.2, 0) is 20.1 Å². The van der Waals surface area contributed by atoms with Crippen LogP contribution in [0.5, 0.6) is 0 Å². The lowest BCUT2D eigenvalue weighted by molar-refractivity contribution is -0.142. The van der Waals surface area contributed by atoms with Crippen LogP contribution in [-0.4, -0.2) is 25.7 Å². The molecule has 5 nitrogen and oxygen atoms in total. The van der Waals surface area contributed by atoms with Gasteiger partial charge in [0.15, 0.2) is 0 Å². The second-order valence-corrected chi connectivity index (χ2v) is 4.28. The van der Waals surface area contributed by atoms with Crippen molar-refractivity contribution in [1.82, 2.24) is 19.6 Å². The third-order valence-electron chi connectivity index (χ3n) is 2.75. The van der Waals surface area contributed by atoms with Crippen molar-refractivity contribution in [2.24, 2.45) is 7.05 Å². The molecule has 0 aromatic carbocycles. The number of nitrogens with one attached hydrogen (secondary N) is 1. The molecule has 2 heterocycles. The average molecular weight is 273 g/mol. The summed E-state index contributed by atoms with van der Waals surface area (Å²) in [5.74, 6) is 0. The van der Waals surface area contributed by atoms with E-state index in [1.807, 2.05) is 14.0 Å². The van der Waals surface area contributed by atoms with Gasteiger partial charge in [0.25, 0.3) is 0 Å². The van der Waals surface area contributed by atoms with E-state index in [9.17, 15) is 13.2 Å². The van der Waals surface area contributed by atoms with Gasteiger partial charge in [-0.15, -0.1) is 0 Å². The van der Waals surface area contributed by atoms with E-state index in [-0.39, 0.29) is 0 Å². The Morgan fingerprint density at radius 1 is 1.26 bits per heavy atom. The molecule has 1 N–H and O–H groups in total. The van der Waals surface area contributed by atoms with Crippen LogP contribution >= 0.6 is 0 Å². The van der Waals surface area contributed by atoms with Gasteiger partial charge in [-0.05, 0) is 6.92 Å². The van der Waals surface area contributed by atoms with Gasteiger partial charge in [0.05, 0.1) is 23.8 Å². The second kappa shape index (κ2) is 4.94. The summed E-state index contributed by atoms with van der Waals surface area (Å²) in [5.41, 5.74) is 2.50. The summed E-state index contributed by atoms with van der Waals surface area (Å²) in [6.45, 7) is 1.24. The highest BCUT2D eigenvalue weighted by molar-refractivity contribution is 5.45. The first kappa shape index (κ1) is 13.4. The molecule has 0 saturated heterocycles. The number of aromatic nitrogens is 4. The minimum atomic E-state index is -4.25. The summed E-state index contributed by atoms with van der Waals surface area (Å²) in [7, 11) is 1.82. The van der Waals surface area contributed by atoms with Crippen molar-refractivity contribution in [2.75, 3.05) is 5.32 Å². The monoisotopic (exact) mass is 273 g/mol. The molecule has 0 unspecified atom stereocenters. The maximum atomic E-state index is 12.2. The highest BCUT2D eigenvalue weighted by atomic mass is 19.4. The maximum Gasteiger partial charge on any atom is 0.408 e. The Bertz CT molecular complexity index is 555. The van der Waals surface area contributed by atoms with E-state index in [4.69, 9.17) is 0 Å². The zero-order valence-corrected chi connectivity index (χ0v) is 10.6. The van der Waals surface area contributed by atoms with E-state index in [0.717, 1.165) is 16.1 Å². The molecule has 2 aromatic rings. The van der Waals surface area contributed by atoms with Gasteiger partial charge in [0.1, 0.15) is 6.54 Å². The van der Waals surface area contributed by atoms with Gasteiger partial charge in [0.2, 0.25) is 0 Å². The Morgan fingerprint density at radius 2 is 2.00 bits per heavy atom. The normalized spacial score (nSPS) is 11.8. The molecule has 104 valence electrons. The molecule has 0 atom stereocenters. The van der Waals surface area contributed by atoms with Crippen LogP contribution in [0.25, 0.3) is 0 Å². The Hall–Kier alpha value is -1.99. The molecular formula is C11H14F3N5. The van der Waals surface area contributed by atoms with Gasteiger partial charge >= 0.3 is 6.18 Å². The lowest BCUT2D eigenvalue weighted by Gasteiger charge is -2.05. The van der Waals surface area contributed by atoms with E-state index in [1.165, 1.54) is 12.4 Å². The predicted molar refractivity (Wildman–Crippen MR) is 63.6 cm³/mol. The third-order valence-corrected chi connectivity index (χ3v) is 2.75. The zero-order chi connectivity index (χ0) is 14.0. The molecule has 8 heteroatoms. The molecule has 0 radical (unpaired) electrons. The number of nitrogens with zero attached hydrogens (tertiary/aromatic N) is 4. The zero-order valence-electron chi connectivity index (χ0n) is 10.6. The van der Waals surface area contributed by atoms with Crippen molar-refractivity contribution in [3.05, 3.63) is 29.8 Å². The molecule has 0 saturated carbocycles. The molecule has 0 aliphatic rings. The van der Waals surface area contributed by atoms with Crippen LogP contribution in [0.2, 0.25) is 0 Å². The molecule has 0 aliphatic carbocycles. The highest BCUT2D eigenvalue weighted by Crippen LogP contribution is 2.18. The molecule has 0 amide bonds. The lowest BCUT2D eigenvalue weighted by Crippen LogP contribution is -2.17. The SMILES string of the molecule is Cc1c(NCc2cnn(CC(F)(F)F)c2)cnn1C. The Morgan fingerprint density at radius 3 is 2.58 bits per heavy atom. The fraction of sp³-hybridized carbons (Fsp3) is 0.455. The molecule has 2 aromatic heterocycles. The van der Waals surface area contributed by atoms with Crippen molar-refractivity contribution in [3.63, 3.8) is 0 Å². The van der Waals surface area contributed by atoms with Crippen molar-refractivity contribution in [1.29, 1.82) is 0 Å². The topological polar surface area (TPSA) is 47.7 Å². The quantitative estimate of drug-likeness (QED) is 0.928. The number of aryl methyl sites for hydroxylation is 1. The van der Waals surface area contributed by atoms with E-state index in [0.29, 0.717) is 12.1 Å². The Balaban J connectivity index is 1.95. The van der Waals surface area contributed by atoms with Crippen LogP contribution < -0.4 is 5.32 Å². The van der Waals surface area contributed by atoms with E-state index >= 15 is 0 Å². The van der Waals surface area contributed by atoms with Gasteiger partial charge in [-0.1, -0.05) is 0 Å². The molecule has 0 bridgehead atoms. The van der Waals surface area contributed by atoms with Gasteiger partial charge in [-0.2, -0.15) is 23.4 Å². The van der Waals surface area contributed by atoms with Crippen LogP contribution in [0, 0.1) is 6.92 Å². The number of hydrogen-bond acceptors (Lipinski definition) is 3.